The van der Waals surface area contributed by atoms with Gasteiger partial charge in [0.1, 0.15) is 20.1 Å². The lowest BCUT2D eigenvalue weighted by atomic mass is 9.96. The van der Waals surface area contributed by atoms with E-state index in [4.69, 9.17) is 30.0 Å². The Bertz CT molecular complexity index is 625. The summed E-state index contributed by atoms with van der Waals surface area (Å²) in [6.45, 7) is -0.726. The molecule has 146 valence electrons. The van der Waals surface area contributed by atoms with Crippen molar-refractivity contribution in [2.45, 2.75) is 24.6 Å². The maximum Gasteiger partial charge on any atom is 0.490 e. The minimum absolute atomic E-state index is 0.206. The lowest BCUT2D eigenvalue weighted by molar-refractivity contribution is -0.0113. The van der Waals surface area contributed by atoms with Crippen LogP contribution < -0.4 is 11.3 Å². The average molecular weight is 428 g/mol. The first-order valence-corrected chi connectivity index (χ1v) is 10.9. The molecular weight excluding hydrogens is 412 g/mol. The molecule has 19 heteroatoms. The van der Waals surface area contributed by atoms with Crippen LogP contribution in [-0.4, -0.2) is 58.3 Å². The monoisotopic (exact) mass is 428 g/mol. The zero-order chi connectivity index (χ0) is 19.5. The maximum absolute atomic E-state index is 11.6. The Morgan fingerprint density at radius 2 is 1.80 bits per heavy atom. The van der Waals surface area contributed by atoms with Crippen molar-refractivity contribution in [2.24, 2.45) is 5.84 Å². The molecule has 1 amide bonds. The summed E-state index contributed by atoms with van der Waals surface area (Å²) in [5.74, 6) is 4.86. The first kappa shape index (κ1) is 22.7. The van der Waals surface area contributed by atoms with Crippen LogP contribution in [0, 0.1) is 0 Å². The average Bonchev–Trinajstić information content (AvgIpc) is 2.72. The molecule has 1 aliphatic heterocycles. The minimum Gasteiger partial charge on any atom is -0.442 e. The first-order chi connectivity index (χ1) is 11.2. The Morgan fingerprint density at radius 1 is 1.20 bits per heavy atom. The van der Waals surface area contributed by atoms with Crippen LogP contribution in [0.4, 0.5) is 4.79 Å². The summed E-state index contributed by atoms with van der Waals surface area (Å²) in [6.07, 6.45) is -2.74. The molecule has 0 aromatic carbocycles. The van der Waals surface area contributed by atoms with Gasteiger partial charge in [0.15, 0.2) is 0 Å². The van der Waals surface area contributed by atoms with E-state index < -0.39 is 54.4 Å². The van der Waals surface area contributed by atoms with Gasteiger partial charge in [0, 0.05) is 12.4 Å². The molecule has 1 aliphatic rings. The number of carbonyl (C=O) groups excluding carboxylic acids is 1. The zero-order valence-corrected chi connectivity index (χ0v) is 15.2. The van der Waals surface area contributed by atoms with Crippen LogP contribution in [0.2, 0.25) is 0 Å². The van der Waals surface area contributed by atoms with Gasteiger partial charge in [0.25, 0.3) is 0 Å². The molecule has 0 bridgehead atoms. The molecule has 0 aromatic rings. The van der Waals surface area contributed by atoms with Crippen LogP contribution in [0.1, 0.15) is 6.42 Å². The number of hydrogen-bond donors (Lipinski definition) is 6. The minimum atomic E-state index is -5.61. The molecule has 15 nitrogen and oxygen atoms in total. The van der Waals surface area contributed by atoms with Crippen LogP contribution in [0.3, 0.4) is 0 Å². The van der Waals surface area contributed by atoms with E-state index in [0.29, 0.717) is 0 Å². The quantitative estimate of drug-likeness (QED) is 0.0811. The molecule has 0 aliphatic carbocycles. The van der Waals surface area contributed by atoms with Gasteiger partial charge >= 0.3 is 29.6 Å². The van der Waals surface area contributed by atoms with Gasteiger partial charge in [0.05, 0.1) is 6.61 Å². The predicted molar refractivity (Wildman–Crippen MR) is 79.2 cm³/mol. The van der Waals surface area contributed by atoms with Crippen molar-refractivity contribution in [3.63, 3.8) is 0 Å². The highest BCUT2D eigenvalue weighted by molar-refractivity contribution is 7.66. The molecule has 0 aromatic heterocycles. The fourth-order valence-corrected chi connectivity index (χ4v) is 4.86. The van der Waals surface area contributed by atoms with E-state index in [2.05, 4.69) is 13.1 Å². The summed E-state index contributed by atoms with van der Waals surface area (Å²) < 4.78 is 54.9. The number of hydrogen-bond acceptors (Lipinski definition) is 10. The molecule has 5 atom stereocenters. The third kappa shape index (κ3) is 8.73. The van der Waals surface area contributed by atoms with Crippen molar-refractivity contribution in [1.29, 1.82) is 0 Å². The maximum atomic E-state index is 11.6. The normalized spacial score (nSPS) is 28.8. The standard InChI is InChI=1S/C6H16BN2O13P3/c7-5-1-3(20-6(10)9-8)4(19-5)2-18-24(14,15)22-25(16,17)21-23(11,12)13/h3-5H,1-2,7-8H2,(H,9,10)(H,14,15)(H,16,17)(H2,11,12,13)/t3-,4-,5-/m1/s1. The number of amides is 1. The number of carbonyl (C=O) groups is 1. The van der Waals surface area contributed by atoms with E-state index in [-0.39, 0.29) is 6.42 Å². The van der Waals surface area contributed by atoms with Crippen molar-refractivity contribution >= 4 is 37.4 Å². The van der Waals surface area contributed by atoms with E-state index in [1.165, 1.54) is 0 Å². The van der Waals surface area contributed by atoms with Crippen LogP contribution in [0.5, 0.6) is 0 Å². The van der Waals surface area contributed by atoms with E-state index >= 15 is 0 Å². The predicted octanol–water partition coefficient (Wildman–Crippen LogP) is -1.95. The van der Waals surface area contributed by atoms with Crippen LogP contribution in [0.25, 0.3) is 0 Å². The molecule has 2 unspecified atom stereocenters. The summed E-state index contributed by atoms with van der Waals surface area (Å²) in [5.41, 5.74) is 1.71. The Morgan fingerprint density at radius 3 is 2.32 bits per heavy atom. The smallest absolute Gasteiger partial charge is 0.442 e. The highest BCUT2D eigenvalue weighted by atomic mass is 31.3. The lowest BCUT2D eigenvalue weighted by Gasteiger charge is -2.21. The molecule has 0 spiro atoms. The van der Waals surface area contributed by atoms with Gasteiger partial charge in [-0.2, -0.15) is 8.62 Å². The van der Waals surface area contributed by atoms with Crippen molar-refractivity contribution < 1.29 is 60.7 Å². The summed E-state index contributed by atoms with van der Waals surface area (Å²) >= 11 is 0. The van der Waals surface area contributed by atoms with Crippen molar-refractivity contribution in [3.05, 3.63) is 0 Å². The summed E-state index contributed by atoms with van der Waals surface area (Å²) in [7, 11) is -14.8. The lowest BCUT2D eigenvalue weighted by Crippen LogP contribution is -2.38. The number of hydrazine groups is 1. The van der Waals surface area contributed by atoms with Gasteiger partial charge in [-0.05, 0) is 0 Å². The third-order valence-electron chi connectivity index (χ3n) is 2.58. The zero-order valence-electron chi connectivity index (χ0n) is 12.5. The fraction of sp³-hybridized carbons (Fsp3) is 0.833. The number of ether oxygens (including phenoxy) is 2. The largest absolute Gasteiger partial charge is 0.490 e. The number of nitrogens with one attached hydrogen (secondary N) is 1. The van der Waals surface area contributed by atoms with Gasteiger partial charge in [-0.15, -0.1) is 0 Å². The fourth-order valence-electron chi connectivity index (χ4n) is 1.83. The second kappa shape index (κ2) is 8.57. The van der Waals surface area contributed by atoms with Crippen LogP contribution >= 0.6 is 23.5 Å². The van der Waals surface area contributed by atoms with Crippen LogP contribution in [0.15, 0.2) is 0 Å². The van der Waals surface area contributed by atoms with E-state index in [1.54, 1.807) is 13.3 Å². The second-order valence-electron chi connectivity index (χ2n) is 4.70. The van der Waals surface area contributed by atoms with Gasteiger partial charge in [0.2, 0.25) is 0 Å². The molecule has 0 saturated carbocycles. The third-order valence-corrected chi connectivity index (χ3v) is 6.38. The summed E-state index contributed by atoms with van der Waals surface area (Å²) in [6, 6.07) is -0.412. The topological polar surface area (TPSA) is 233 Å². The molecule has 1 rings (SSSR count). The Kier molecular flexibility index (Phi) is 7.78. The molecule has 25 heavy (non-hydrogen) atoms. The Hall–Kier alpha value is -0.335. The highest BCUT2D eigenvalue weighted by Gasteiger charge is 2.43. The van der Waals surface area contributed by atoms with E-state index in [1.807, 2.05) is 0 Å². The first-order valence-electron chi connectivity index (χ1n) is 6.34. The molecular formula is C6H16BN2O13P3. The molecule has 1 saturated heterocycles. The van der Waals surface area contributed by atoms with Gasteiger partial charge < -0.3 is 29.0 Å². The second-order valence-corrected chi connectivity index (χ2v) is 9.12. The van der Waals surface area contributed by atoms with Crippen molar-refractivity contribution in [2.75, 3.05) is 6.61 Å². The van der Waals surface area contributed by atoms with Gasteiger partial charge in [-0.3, -0.25) is 9.95 Å². The van der Waals surface area contributed by atoms with Gasteiger partial charge in [-0.25, -0.2) is 24.3 Å². The van der Waals surface area contributed by atoms with E-state index in [9.17, 15) is 23.4 Å². The molecule has 0 radical (unpaired) electrons. The molecule has 7 N–H and O–H groups in total. The van der Waals surface area contributed by atoms with E-state index in [0.717, 1.165) is 0 Å². The SMILES string of the molecule is B[C@H]1C[C@@H](OC(=O)NN)[C@@H](COP(=O)(O)OP(=O)(O)OP(=O)(O)O)O1. The Labute approximate surface area is 141 Å². The number of phosphoric acid groups is 3. The van der Waals surface area contributed by atoms with Crippen molar-refractivity contribution in [1.82, 2.24) is 5.43 Å². The molecule has 1 fully saturated rings. The highest BCUT2D eigenvalue weighted by Crippen LogP contribution is 2.66. The van der Waals surface area contributed by atoms with Gasteiger partial charge in [-0.1, -0.05) is 0 Å². The number of phosphoric ester groups is 1. The number of rotatable bonds is 8. The summed E-state index contributed by atoms with van der Waals surface area (Å²) in [4.78, 5) is 46.2. The summed E-state index contributed by atoms with van der Waals surface area (Å²) in [5, 5.41) is 0. The number of nitrogens with two attached hydrogens (primary N) is 1. The molecule has 1 heterocycles. The Balaban J connectivity index is 2.64. The van der Waals surface area contributed by atoms with Crippen molar-refractivity contribution in [3.8, 4) is 0 Å². The van der Waals surface area contributed by atoms with Crippen LogP contribution in [-0.2, 0) is 36.3 Å².